The summed E-state index contributed by atoms with van der Waals surface area (Å²) in [5.74, 6) is 0. The molecule has 3 heterocycles. The molecule has 0 atom stereocenters. The van der Waals surface area contributed by atoms with Gasteiger partial charge in [-0.05, 0) is 5.56 Å². The Morgan fingerprint density at radius 1 is 1.25 bits per heavy atom. The number of nitrogens with one attached hydrogen (secondary N) is 2. The maximum Gasteiger partial charge on any atom is 0.0372 e. The molecule has 0 saturated heterocycles. The smallest absolute Gasteiger partial charge is 0.0372 e. The van der Waals surface area contributed by atoms with Gasteiger partial charge in [0.25, 0.3) is 0 Å². The molecule has 2 N–H and O–H groups in total. The number of aromatic amines is 1. The number of hydrogen-bond donors (Lipinski definition) is 2. The Labute approximate surface area is 69.8 Å². The van der Waals surface area contributed by atoms with Crippen LogP contribution in [0.3, 0.4) is 0 Å². The van der Waals surface area contributed by atoms with Crippen molar-refractivity contribution in [1.29, 1.82) is 0 Å². The summed E-state index contributed by atoms with van der Waals surface area (Å²) >= 11 is 0. The van der Waals surface area contributed by atoms with Crippen LogP contribution in [0.2, 0.25) is 0 Å². The van der Waals surface area contributed by atoms with E-state index in [1.807, 2.05) is 18.6 Å². The van der Waals surface area contributed by atoms with E-state index in [1.165, 1.54) is 22.0 Å². The van der Waals surface area contributed by atoms with Crippen LogP contribution in [-0.2, 0) is 13.1 Å². The Morgan fingerprint density at radius 2 is 2.25 bits per heavy atom. The average Bonchev–Trinajstić information content (AvgIpc) is 2.52. The van der Waals surface area contributed by atoms with Crippen LogP contribution in [0, 0.1) is 0 Å². The van der Waals surface area contributed by atoms with E-state index in [0.717, 1.165) is 13.1 Å². The van der Waals surface area contributed by atoms with Crippen molar-refractivity contribution in [3.05, 3.63) is 29.8 Å². The van der Waals surface area contributed by atoms with E-state index >= 15 is 0 Å². The van der Waals surface area contributed by atoms with Gasteiger partial charge >= 0.3 is 0 Å². The molecule has 3 heteroatoms. The van der Waals surface area contributed by atoms with Crippen LogP contribution >= 0.6 is 0 Å². The zero-order valence-corrected chi connectivity index (χ0v) is 6.59. The second-order valence-electron chi connectivity index (χ2n) is 3.13. The highest BCUT2D eigenvalue weighted by atomic mass is 14.9. The van der Waals surface area contributed by atoms with E-state index in [1.54, 1.807) is 0 Å². The largest absolute Gasteiger partial charge is 0.363 e. The fourth-order valence-corrected chi connectivity index (χ4v) is 1.83. The number of hydrogen-bond acceptors (Lipinski definition) is 2. The molecule has 0 amide bonds. The Bertz CT molecular complexity index is 430. The topological polar surface area (TPSA) is 40.7 Å². The van der Waals surface area contributed by atoms with Crippen molar-refractivity contribution in [2.45, 2.75) is 13.1 Å². The maximum absolute atomic E-state index is 4.17. The van der Waals surface area contributed by atoms with E-state index in [0.29, 0.717) is 0 Å². The summed E-state index contributed by atoms with van der Waals surface area (Å²) in [5, 5.41) is 5.91. The Morgan fingerprint density at radius 3 is 3.25 bits per heavy atom. The molecule has 0 unspecified atom stereocenters. The van der Waals surface area contributed by atoms with E-state index < -0.39 is 0 Å². The molecule has 1 aliphatic heterocycles. The molecule has 12 heavy (non-hydrogen) atoms. The maximum atomic E-state index is 4.17. The zero-order chi connectivity index (χ0) is 7.97. The van der Waals surface area contributed by atoms with Gasteiger partial charge in [-0.25, -0.2) is 0 Å². The number of aromatic nitrogens is 2. The molecular formula is C9H9N3. The lowest BCUT2D eigenvalue weighted by Crippen LogP contribution is -2.17. The molecule has 0 aromatic carbocycles. The number of nitrogens with zero attached hydrogens (tertiary/aromatic N) is 1. The van der Waals surface area contributed by atoms with Gasteiger partial charge < -0.3 is 10.3 Å². The van der Waals surface area contributed by atoms with Crippen molar-refractivity contribution >= 4 is 10.8 Å². The van der Waals surface area contributed by atoms with Gasteiger partial charge in [-0.1, -0.05) is 0 Å². The van der Waals surface area contributed by atoms with Crippen LogP contribution in [0.25, 0.3) is 10.8 Å². The molecule has 1 aliphatic rings. The molecule has 3 rings (SSSR count). The van der Waals surface area contributed by atoms with Crippen molar-refractivity contribution in [3.63, 3.8) is 0 Å². The summed E-state index contributed by atoms with van der Waals surface area (Å²) in [6.45, 7) is 1.88. The predicted molar refractivity (Wildman–Crippen MR) is 46.6 cm³/mol. The van der Waals surface area contributed by atoms with Crippen LogP contribution < -0.4 is 5.32 Å². The Balaban J connectivity index is 2.50. The minimum Gasteiger partial charge on any atom is -0.363 e. The van der Waals surface area contributed by atoms with Crippen LogP contribution in [-0.4, -0.2) is 9.97 Å². The van der Waals surface area contributed by atoms with E-state index in [9.17, 15) is 0 Å². The summed E-state index contributed by atoms with van der Waals surface area (Å²) in [4.78, 5) is 7.42. The monoisotopic (exact) mass is 159 g/mol. The highest BCUT2D eigenvalue weighted by Gasteiger charge is 2.12. The summed E-state index contributed by atoms with van der Waals surface area (Å²) in [6, 6.07) is 0. The van der Waals surface area contributed by atoms with Gasteiger partial charge in [-0.2, -0.15) is 0 Å². The second kappa shape index (κ2) is 2.08. The Hall–Kier alpha value is -1.35. The van der Waals surface area contributed by atoms with Crippen molar-refractivity contribution in [3.8, 4) is 0 Å². The first kappa shape index (κ1) is 6.20. The molecule has 0 saturated carbocycles. The second-order valence-corrected chi connectivity index (χ2v) is 3.13. The molecule has 2 aromatic heterocycles. The molecular weight excluding hydrogens is 150 g/mol. The molecule has 0 aliphatic carbocycles. The summed E-state index contributed by atoms with van der Waals surface area (Å²) in [6.07, 6.45) is 5.87. The minimum atomic E-state index is 0.940. The molecule has 0 bridgehead atoms. The lowest BCUT2D eigenvalue weighted by atomic mass is 10.1. The van der Waals surface area contributed by atoms with Gasteiger partial charge in [0.05, 0.1) is 0 Å². The molecule has 3 nitrogen and oxygen atoms in total. The molecule has 0 spiro atoms. The lowest BCUT2D eigenvalue weighted by Gasteiger charge is -2.12. The van der Waals surface area contributed by atoms with E-state index in [2.05, 4.69) is 15.3 Å². The van der Waals surface area contributed by atoms with Gasteiger partial charge in [0, 0.05) is 48.1 Å². The zero-order valence-electron chi connectivity index (χ0n) is 6.59. The fraction of sp³-hybridized carbons (Fsp3) is 0.222. The van der Waals surface area contributed by atoms with Crippen molar-refractivity contribution in [1.82, 2.24) is 15.3 Å². The van der Waals surface area contributed by atoms with E-state index in [4.69, 9.17) is 0 Å². The average molecular weight is 159 g/mol. The van der Waals surface area contributed by atoms with Crippen molar-refractivity contribution in [2.24, 2.45) is 0 Å². The van der Waals surface area contributed by atoms with Gasteiger partial charge in [-0.3, -0.25) is 4.98 Å². The van der Waals surface area contributed by atoms with Crippen LogP contribution in [0.4, 0.5) is 0 Å². The summed E-state index contributed by atoms with van der Waals surface area (Å²) < 4.78 is 0. The molecule has 2 aromatic rings. The van der Waals surface area contributed by atoms with Gasteiger partial charge in [0.15, 0.2) is 0 Å². The highest BCUT2D eigenvalue weighted by Crippen LogP contribution is 2.24. The highest BCUT2D eigenvalue weighted by molar-refractivity contribution is 5.87. The first-order valence-corrected chi connectivity index (χ1v) is 4.09. The molecule has 60 valence electrons. The quantitative estimate of drug-likeness (QED) is 0.605. The molecule has 0 fully saturated rings. The third-order valence-electron chi connectivity index (χ3n) is 2.37. The van der Waals surface area contributed by atoms with Crippen LogP contribution in [0.1, 0.15) is 11.3 Å². The van der Waals surface area contributed by atoms with Crippen molar-refractivity contribution in [2.75, 3.05) is 0 Å². The number of rotatable bonds is 0. The standard InChI is InChI=1S/C9H9N3/c1-6-2-11-5-8-9(6)7(3-10-1)4-12-8/h1,3-4,11-12H,2,5H2. The van der Waals surface area contributed by atoms with Crippen LogP contribution in [0.5, 0.6) is 0 Å². The van der Waals surface area contributed by atoms with Crippen LogP contribution in [0.15, 0.2) is 18.6 Å². The number of pyridine rings is 1. The minimum absolute atomic E-state index is 0.940. The summed E-state index contributed by atoms with van der Waals surface area (Å²) in [5.41, 5.74) is 2.59. The first-order chi connectivity index (χ1) is 5.95. The van der Waals surface area contributed by atoms with E-state index in [-0.39, 0.29) is 0 Å². The lowest BCUT2D eigenvalue weighted by molar-refractivity contribution is 0.670. The van der Waals surface area contributed by atoms with Gasteiger partial charge in [-0.15, -0.1) is 0 Å². The third-order valence-corrected chi connectivity index (χ3v) is 2.37. The summed E-state index contributed by atoms with van der Waals surface area (Å²) in [7, 11) is 0. The fourth-order valence-electron chi connectivity index (χ4n) is 1.83. The normalized spacial score (nSPS) is 15.3. The first-order valence-electron chi connectivity index (χ1n) is 4.09. The SMILES string of the molecule is c1ncc2c[nH]c3c2c1CNC3. The van der Waals surface area contributed by atoms with Gasteiger partial charge in [0.1, 0.15) is 0 Å². The predicted octanol–water partition coefficient (Wildman–Crippen LogP) is 1.17. The Kier molecular flexibility index (Phi) is 1.07. The third kappa shape index (κ3) is 0.662. The van der Waals surface area contributed by atoms with Crippen molar-refractivity contribution < 1.29 is 0 Å². The number of H-pyrrole nitrogens is 1. The van der Waals surface area contributed by atoms with Gasteiger partial charge in [0.2, 0.25) is 0 Å². The molecule has 0 radical (unpaired) electrons.